The first-order valence-corrected chi connectivity index (χ1v) is 9.03. The van der Waals surface area contributed by atoms with E-state index in [0.717, 1.165) is 18.5 Å². The van der Waals surface area contributed by atoms with Crippen LogP contribution in [0, 0.1) is 0 Å². The normalized spacial score (nSPS) is 19.1. The molecule has 24 heavy (non-hydrogen) atoms. The Balaban J connectivity index is 1.74. The fourth-order valence-corrected chi connectivity index (χ4v) is 2.92. The number of carbonyl (C=O) groups is 1. The average molecular weight is 334 g/mol. The fraction of sp³-hybridized carbons (Fsp3) is 0.632. The maximum atomic E-state index is 12.2. The van der Waals surface area contributed by atoms with E-state index in [1.54, 1.807) is 4.90 Å². The van der Waals surface area contributed by atoms with Gasteiger partial charge in [0, 0.05) is 19.1 Å². The molecule has 1 aliphatic heterocycles. The van der Waals surface area contributed by atoms with Crippen LogP contribution < -0.4 is 5.32 Å². The van der Waals surface area contributed by atoms with Gasteiger partial charge in [0.15, 0.2) is 0 Å². The lowest BCUT2D eigenvalue weighted by molar-refractivity contribution is -0.0281. The van der Waals surface area contributed by atoms with Crippen LogP contribution in [0.3, 0.4) is 0 Å². The predicted molar refractivity (Wildman–Crippen MR) is 94.9 cm³/mol. The lowest BCUT2D eigenvalue weighted by Gasteiger charge is -2.33. The fourth-order valence-electron chi connectivity index (χ4n) is 2.92. The van der Waals surface area contributed by atoms with Crippen molar-refractivity contribution in [2.24, 2.45) is 0 Å². The molecule has 0 aromatic heterocycles. The molecule has 1 amide bonds. The minimum atomic E-state index is -0.257. The number of benzene rings is 1. The average Bonchev–Trinajstić information content (AvgIpc) is 2.64. The van der Waals surface area contributed by atoms with Crippen LogP contribution in [0.15, 0.2) is 30.3 Å². The van der Waals surface area contributed by atoms with Gasteiger partial charge in [0.2, 0.25) is 0 Å². The lowest BCUT2D eigenvalue weighted by atomic mass is 10.1. The van der Waals surface area contributed by atoms with Crippen molar-refractivity contribution in [2.75, 3.05) is 26.2 Å². The molecular formula is C19H30N2O3. The summed E-state index contributed by atoms with van der Waals surface area (Å²) in [5.41, 5.74) is 1.00. The van der Waals surface area contributed by atoms with Crippen molar-refractivity contribution in [1.82, 2.24) is 10.2 Å². The molecule has 2 rings (SSSR count). The van der Waals surface area contributed by atoms with E-state index in [1.807, 2.05) is 30.3 Å². The highest BCUT2D eigenvalue weighted by Gasteiger charge is 2.25. The van der Waals surface area contributed by atoms with Crippen LogP contribution in [0.2, 0.25) is 0 Å². The van der Waals surface area contributed by atoms with E-state index in [-0.39, 0.29) is 12.2 Å². The third-order valence-electron chi connectivity index (χ3n) is 4.37. The maximum absolute atomic E-state index is 12.2. The van der Waals surface area contributed by atoms with Gasteiger partial charge in [-0.05, 0) is 18.4 Å². The van der Waals surface area contributed by atoms with Gasteiger partial charge >= 0.3 is 6.09 Å². The summed E-state index contributed by atoms with van der Waals surface area (Å²) in [6, 6.07) is 10.3. The van der Waals surface area contributed by atoms with Crippen LogP contribution in [-0.2, 0) is 16.1 Å². The van der Waals surface area contributed by atoms with Gasteiger partial charge in [0.05, 0.1) is 19.3 Å². The van der Waals surface area contributed by atoms with Crippen LogP contribution in [0.25, 0.3) is 0 Å². The van der Waals surface area contributed by atoms with Crippen LogP contribution in [0.4, 0.5) is 4.79 Å². The Kier molecular flexibility index (Phi) is 8.05. The van der Waals surface area contributed by atoms with E-state index < -0.39 is 0 Å². The number of carbonyl (C=O) groups excluding carboxylic acids is 1. The highest BCUT2D eigenvalue weighted by Crippen LogP contribution is 2.10. The maximum Gasteiger partial charge on any atom is 0.410 e. The second-order valence-corrected chi connectivity index (χ2v) is 6.28. The number of hydrogen-bond donors (Lipinski definition) is 1. The number of ether oxygens (including phenoxy) is 2. The summed E-state index contributed by atoms with van der Waals surface area (Å²) >= 11 is 0. The highest BCUT2D eigenvalue weighted by atomic mass is 16.6. The van der Waals surface area contributed by atoms with Crippen LogP contribution in [-0.4, -0.2) is 49.4 Å². The summed E-state index contributed by atoms with van der Waals surface area (Å²) in [5.74, 6) is 0. The minimum Gasteiger partial charge on any atom is -0.445 e. The summed E-state index contributed by atoms with van der Waals surface area (Å²) in [6.07, 6.45) is 3.24. The number of rotatable bonds is 8. The number of morpholine rings is 1. The zero-order chi connectivity index (χ0) is 17.2. The molecule has 2 atom stereocenters. The van der Waals surface area contributed by atoms with E-state index in [2.05, 4.69) is 19.2 Å². The molecule has 0 bridgehead atoms. The van der Waals surface area contributed by atoms with E-state index >= 15 is 0 Å². The Bertz CT molecular complexity index is 481. The number of nitrogens with one attached hydrogen (secondary N) is 1. The van der Waals surface area contributed by atoms with Crippen molar-refractivity contribution < 1.29 is 14.3 Å². The van der Waals surface area contributed by atoms with Gasteiger partial charge < -0.3 is 19.7 Å². The Labute approximate surface area is 145 Å². The second kappa shape index (κ2) is 10.3. The highest BCUT2D eigenvalue weighted by molar-refractivity contribution is 5.67. The molecule has 1 fully saturated rings. The van der Waals surface area contributed by atoms with E-state index in [0.29, 0.717) is 32.3 Å². The largest absolute Gasteiger partial charge is 0.445 e. The van der Waals surface area contributed by atoms with Gasteiger partial charge in [-0.1, -0.05) is 50.6 Å². The van der Waals surface area contributed by atoms with Crippen molar-refractivity contribution in [2.45, 2.75) is 51.9 Å². The van der Waals surface area contributed by atoms with Gasteiger partial charge in [0.25, 0.3) is 0 Å². The molecule has 5 heteroatoms. The summed E-state index contributed by atoms with van der Waals surface area (Å²) < 4.78 is 11.2. The molecular weight excluding hydrogens is 304 g/mol. The monoisotopic (exact) mass is 334 g/mol. The Hall–Kier alpha value is -1.59. The van der Waals surface area contributed by atoms with Crippen molar-refractivity contribution in [1.29, 1.82) is 0 Å². The van der Waals surface area contributed by atoms with Crippen molar-refractivity contribution in [3.8, 4) is 0 Å². The molecule has 0 aliphatic carbocycles. The number of nitrogens with zero attached hydrogens (tertiary/aromatic N) is 1. The standard InChI is InChI=1S/C19H30N2O3/c1-3-8-17(4-2)20-13-18-14-21(11-12-23-18)19(22)24-15-16-9-6-5-7-10-16/h5-7,9-10,17-18,20H,3-4,8,11-15H2,1-2H3. The Morgan fingerprint density at radius 1 is 1.38 bits per heavy atom. The Morgan fingerprint density at radius 2 is 2.17 bits per heavy atom. The van der Waals surface area contributed by atoms with Crippen molar-refractivity contribution >= 4 is 6.09 Å². The van der Waals surface area contributed by atoms with Gasteiger partial charge in [-0.25, -0.2) is 4.79 Å². The van der Waals surface area contributed by atoms with Crippen LogP contribution in [0.5, 0.6) is 0 Å². The third kappa shape index (κ3) is 6.13. The number of hydrogen-bond acceptors (Lipinski definition) is 4. The van der Waals surface area contributed by atoms with E-state index in [1.165, 1.54) is 12.8 Å². The van der Waals surface area contributed by atoms with Gasteiger partial charge in [-0.3, -0.25) is 0 Å². The first-order chi connectivity index (χ1) is 11.7. The molecule has 1 aromatic carbocycles. The molecule has 1 heterocycles. The molecule has 134 valence electrons. The van der Waals surface area contributed by atoms with E-state index in [9.17, 15) is 4.79 Å². The van der Waals surface area contributed by atoms with Crippen molar-refractivity contribution in [3.63, 3.8) is 0 Å². The predicted octanol–water partition coefficient (Wildman–Crippen LogP) is 3.19. The molecule has 1 saturated heterocycles. The molecule has 2 unspecified atom stereocenters. The summed E-state index contributed by atoms with van der Waals surface area (Å²) in [5, 5.41) is 3.55. The quantitative estimate of drug-likeness (QED) is 0.793. The molecule has 0 radical (unpaired) electrons. The molecule has 1 N–H and O–H groups in total. The molecule has 1 aromatic rings. The first kappa shape index (κ1) is 18.7. The SMILES string of the molecule is CCCC(CC)NCC1CN(C(=O)OCc2ccccc2)CCO1. The summed E-state index contributed by atoms with van der Waals surface area (Å²) in [6.45, 7) is 7.24. The molecule has 5 nitrogen and oxygen atoms in total. The summed E-state index contributed by atoms with van der Waals surface area (Å²) in [4.78, 5) is 14.0. The topological polar surface area (TPSA) is 50.8 Å². The Morgan fingerprint density at radius 3 is 2.88 bits per heavy atom. The second-order valence-electron chi connectivity index (χ2n) is 6.28. The van der Waals surface area contributed by atoms with Gasteiger partial charge in [-0.15, -0.1) is 0 Å². The van der Waals surface area contributed by atoms with E-state index in [4.69, 9.17) is 9.47 Å². The molecule has 0 saturated carbocycles. The zero-order valence-corrected chi connectivity index (χ0v) is 14.9. The van der Waals surface area contributed by atoms with Crippen molar-refractivity contribution in [3.05, 3.63) is 35.9 Å². The molecule has 1 aliphatic rings. The minimum absolute atomic E-state index is 0.0360. The van der Waals surface area contributed by atoms with Crippen LogP contribution in [0.1, 0.15) is 38.7 Å². The molecule has 0 spiro atoms. The zero-order valence-electron chi connectivity index (χ0n) is 14.9. The summed E-state index contributed by atoms with van der Waals surface area (Å²) in [7, 11) is 0. The lowest BCUT2D eigenvalue weighted by Crippen LogP contribution is -2.50. The van der Waals surface area contributed by atoms with Crippen LogP contribution >= 0.6 is 0 Å². The first-order valence-electron chi connectivity index (χ1n) is 9.03. The van der Waals surface area contributed by atoms with Gasteiger partial charge in [-0.2, -0.15) is 0 Å². The number of amides is 1. The smallest absolute Gasteiger partial charge is 0.410 e. The van der Waals surface area contributed by atoms with Gasteiger partial charge in [0.1, 0.15) is 6.61 Å². The third-order valence-corrected chi connectivity index (χ3v) is 4.37.